The number of anilines is 2. The Labute approximate surface area is 175 Å². The Morgan fingerprint density at radius 3 is 2.77 bits per heavy atom. The number of hydrogen-bond donors (Lipinski definition) is 3. The van der Waals surface area contributed by atoms with Crippen molar-refractivity contribution in [2.75, 3.05) is 38.0 Å². The van der Waals surface area contributed by atoms with Gasteiger partial charge in [0.15, 0.2) is 5.52 Å². The monoisotopic (exact) mass is 410 g/mol. The lowest BCUT2D eigenvalue weighted by atomic mass is 10.1. The van der Waals surface area contributed by atoms with Gasteiger partial charge >= 0.3 is 0 Å². The largest absolute Gasteiger partial charge is 0.326 e. The number of unbranched alkanes of at least 4 members (excludes halogenated alkanes) is 1. The highest BCUT2D eigenvalue weighted by atomic mass is 16.1. The number of fused-ring (bicyclic) bond motifs is 1. The summed E-state index contributed by atoms with van der Waals surface area (Å²) in [5, 5.41) is 14.8. The summed E-state index contributed by atoms with van der Waals surface area (Å²) in [7, 11) is 0. The maximum absolute atomic E-state index is 12.7. The first kappa shape index (κ1) is 20.5. The van der Waals surface area contributed by atoms with Gasteiger partial charge in [-0.2, -0.15) is 4.98 Å². The minimum absolute atomic E-state index is 0.225. The van der Waals surface area contributed by atoms with E-state index in [2.05, 4.69) is 61.8 Å². The maximum Gasteiger partial charge on any atom is 0.280 e. The number of aromatic amines is 1. The molecule has 0 aliphatic carbocycles. The highest BCUT2D eigenvalue weighted by molar-refractivity contribution is 5.70. The molecule has 3 N–H and O–H groups in total. The lowest BCUT2D eigenvalue weighted by molar-refractivity contribution is 0.235. The predicted molar refractivity (Wildman–Crippen MR) is 118 cm³/mol. The van der Waals surface area contributed by atoms with Crippen LogP contribution in [-0.4, -0.2) is 62.6 Å². The van der Waals surface area contributed by atoms with Gasteiger partial charge in [0.05, 0.1) is 0 Å². The first-order chi connectivity index (χ1) is 14.6. The van der Waals surface area contributed by atoms with Crippen molar-refractivity contribution < 1.29 is 0 Å². The van der Waals surface area contributed by atoms with Crippen LogP contribution in [0.3, 0.4) is 0 Å². The molecule has 0 saturated carbocycles. The summed E-state index contributed by atoms with van der Waals surface area (Å²) >= 11 is 0. The van der Waals surface area contributed by atoms with Gasteiger partial charge in [0, 0.05) is 38.4 Å². The molecular formula is C21H30N8O. The van der Waals surface area contributed by atoms with E-state index in [1.807, 2.05) is 6.07 Å². The molecule has 2 aromatic heterocycles. The average molecular weight is 411 g/mol. The van der Waals surface area contributed by atoms with Crippen molar-refractivity contribution in [3.05, 3.63) is 39.7 Å². The molecule has 160 valence electrons. The fraction of sp³-hybridized carbons (Fsp3) is 0.524. The van der Waals surface area contributed by atoms with Crippen LogP contribution in [0, 0.1) is 6.92 Å². The van der Waals surface area contributed by atoms with Crippen molar-refractivity contribution in [2.24, 2.45) is 0 Å². The zero-order chi connectivity index (χ0) is 20.9. The number of nitrogens with one attached hydrogen (secondary N) is 3. The molecule has 3 aromatic rings. The van der Waals surface area contributed by atoms with Crippen molar-refractivity contribution in [1.82, 2.24) is 35.2 Å². The number of piperazine rings is 1. The molecular weight excluding hydrogens is 380 g/mol. The number of aryl methyl sites for hydroxylation is 3. The van der Waals surface area contributed by atoms with E-state index in [0.29, 0.717) is 23.7 Å². The van der Waals surface area contributed by atoms with Crippen molar-refractivity contribution in [2.45, 2.75) is 39.7 Å². The molecule has 0 atom stereocenters. The number of aromatic nitrogens is 5. The summed E-state index contributed by atoms with van der Waals surface area (Å²) in [5.74, 6) is 0.379. The van der Waals surface area contributed by atoms with Gasteiger partial charge in [0.25, 0.3) is 5.56 Å². The van der Waals surface area contributed by atoms with Crippen molar-refractivity contribution in [3.63, 3.8) is 0 Å². The lowest BCUT2D eigenvalue weighted by Gasteiger charge is -2.26. The molecule has 1 aliphatic heterocycles. The molecule has 1 aliphatic rings. The van der Waals surface area contributed by atoms with Gasteiger partial charge < -0.3 is 15.5 Å². The average Bonchev–Trinajstić information content (AvgIpc) is 3.17. The number of H-pyrrole nitrogens is 1. The Kier molecular flexibility index (Phi) is 6.39. The van der Waals surface area contributed by atoms with E-state index in [1.54, 1.807) is 4.68 Å². The fourth-order valence-electron chi connectivity index (χ4n) is 3.91. The predicted octanol–water partition coefficient (Wildman–Crippen LogP) is 1.81. The van der Waals surface area contributed by atoms with Crippen LogP contribution in [0.2, 0.25) is 0 Å². The van der Waals surface area contributed by atoms with Gasteiger partial charge in [-0.05, 0) is 56.0 Å². The van der Waals surface area contributed by atoms with E-state index in [-0.39, 0.29) is 5.56 Å². The van der Waals surface area contributed by atoms with Gasteiger partial charge in [0.2, 0.25) is 11.6 Å². The van der Waals surface area contributed by atoms with Gasteiger partial charge in [-0.15, -0.1) is 5.10 Å². The van der Waals surface area contributed by atoms with Crippen LogP contribution < -0.4 is 16.2 Å². The summed E-state index contributed by atoms with van der Waals surface area (Å²) in [6.45, 7) is 10.3. The second-order valence-electron chi connectivity index (χ2n) is 7.82. The number of nitrogens with zero attached hydrogens (tertiary/aromatic N) is 5. The molecule has 1 fully saturated rings. The lowest BCUT2D eigenvalue weighted by Crippen LogP contribution is -2.43. The summed E-state index contributed by atoms with van der Waals surface area (Å²) < 4.78 is 1.67. The van der Waals surface area contributed by atoms with Crippen molar-refractivity contribution in [3.8, 4) is 0 Å². The van der Waals surface area contributed by atoms with Crippen LogP contribution in [0.25, 0.3) is 11.2 Å². The summed E-state index contributed by atoms with van der Waals surface area (Å²) in [6.07, 6.45) is 2.97. The molecule has 0 bridgehead atoms. The van der Waals surface area contributed by atoms with Gasteiger partial charge in [-0.25, -0.2) is 4.68 Å². The fourth-order valence-corrected chi connectivity index (χ4v) is 3.91. The molecule has 1 saturated heterocycles. The van der Waals surface area contributed by atoms with Crippen LogP contribution in [0.1, 0.15) is 30.9 Å². The third-order valence-corrected chi connectivity index (χ3v) is 5.68. The van der Waals surface area contributed by atoms with Gasteiger partial charge in [0.1, 0.15) is 0 Å². The van der Waals surface area contributed by atoms with Crippen LogP contribution >= 0.6 is 0 Å². The van der Waals surface area contributed by atoms with Crippen molar-refractivity contribution >= 4 is 22.8 Å². The number of benzene rings is 1. The van der Waals surface area contributed by atoms with E-state index in [1.165, 1.54) is 11.1 Å². The summed E-state index contributed by atoms with van der Waals surface area (Å²) in [6, 6.07) is 6.12. The van der Waals surface area contributed by atoms with Crippen LogP contribution in [0.4, 0.5) is 11.6 Å². The molecule has 9 heteroatoms. The number of hydrogen-bond acceptors (Lipinski definition) is 7. The molecule has 0 unspecified atom stereocenters. The Morgan fingerprint density at radius 1 is 1.17 bits per heavy atom. The quantitative estimate of drug-likeness (QED) is 0.487. The highest BCUT2D eigenvalue weighted by Gasteiger charge is 2.13. The summed E-state index contributed by atoms with van der Waals surface area (Å²) in [4.78, 5) is 22.4. The Morgan fingerprint density at radius 2 is 1.97 bits per heavy atom. The van der Waals surface area contributed by atoms with E-state index in [0.717, 1.165) is 57.7 Å². The zero-order valence-corrected chi connectivity index (χ0v) is 17.7. The van der Waals surface area contributed by atoms with Gasteiger partial charge in [-0.3, -0.25) is 9.78 Å². The van der Waals surface area contributed by atoms with Crippen LogP contribution in [0.15, 0.2) is 23.0 Å². The topological polar surface area (TPSA) is 104 Å². The zero-order valence-electron chi connectivity index (χ0n) is 17.7. The van der Waals surface area contributed by atoms with E-state index in [9.17, 15) is 4.79 Å². The molecule has 30 heavy (non-hydrogen) atoms. The van der Waals surface area contributed by atoms with E-state index < -0.39 is 0 Å². The molecule has 0 amide bonds. The van der Waals surface area contributed by atoms with Crippen LogP contribution in [-0.2, 0) is 13.0 Å². The molecule has 0 spiro atoms. The van der Waals surface area contributed by atoms with E-state index >= 15 is 0 Å². The Balaban J connectivity index is 1.42. The molecule has 9 nitrogen and oxygen atoms in total. The van der Waals surface area contributed by atoms with Crippen LogP contribution in [0.5, 0.6) is 0 Å². The standard InChI is InChI=1S/C21H30N8O/c1-3-16-14-17(7-6-15(16)2)23-21-24-19-18(20(30)25-21)29(27-26-19)11-5-4-10-28-12-8-22-9-13-28/h6-7,14,22H,3-5,8-13H2,1-2H3,(H2,23,24,25,30). The smallest absolute Gasteiger partial charge is 0.280 e. The minimum Gasteiger partial charge on any atom is -0.326 e. The van der Waals surface area contributed by atoms with E-state index in [4.69, 9.17) is 0 Å². The third-order valence-electron chi connectivity index (χ3n) is 5.68. The maximum atomic E-state index is 12.7. The normalized spacial score (nSPS) is 15.0. The first-order valence-corrected chi connectivity index (χ1v) is 10.8. The Bertz CT molecular complexity index is 1050. The first-order valence-electron chi connectivity index (χ1n) is 10.8. The highest BCUT2D eigenvalue weighted by Crippen LogP contribution is 2.19. The second-order valence-corrected chi connectivity index (χ2v) is 7.82. The second kappa shape index (κ2) is 9.36. The Hall–Kier alpha value is -2.78. The molecule has 4 rings (SSSR count). The molecule has 0 radical (unpaired) electrons. The molecule has 1 aromatic carbocycles. The van der Waals surface area contributed by atoms with Crippen molar-refractivity contribution in [1.29, 1.82) is 0 Å². The van der Waals surface area contributed by atoms with Gasteiger partial charge in [-0.1, -0.05) is 18.2 Å². The number of rotatable bonds is 8. The summed E-state index contributed by atoms with van der Waals surface area (Å²) in [5.41, 5.74) is 3.97. The third kappa shape index (κ3) is 4.68. The SMILES string of the molecule is CCc1cc(Nc2nc3nnn(CCCCN4CCNCC4)c3c(=O)[nH]2)ccc1C. The minimum atomic E-state index is -0.225. The molecule has 3 heterocycles.